The van der Waals surface area contributed by atoms with Crippen molar-refractivity contribution in [3.05, 3.63) is 81.8 Å². The summed E-state index contributed by atoms with van der Waals surface area (Å²) in [6.45, 7) is 1.87. The zero-order chi connectivity index (χ0) is 19.3. The zero-order valence-corrected chi connectivity index (χ0v) is 17.5. The van der Waals surface area contributed by atoms with E-state index in [9.17, 15) is 4.79 Å². The van der Waals surface area contributed by atoms with Crippen molar-refractivity contribution in [2.75, 3.05) is 5.32 Å². The fraction of sp³-hybridized carbons (Fsp3) is 0.0952. The second kappa shape index (κ2) is 8.68. The van der Waals surface area contributed by atoms with Gasteiger partial charge in [-0.25, -0.2) is 4.98 Å². The summed E-state index contributed by atoms with van der Waals surface area (Å²) in [7, 11) is 0. The minimum Gasteiger partial charge on any atom is -0.321 e. The Kier molecular flexibility index (Phi) is 5.85. The minimum absolute atomic E-state index is 0.118. The molecule has 28 heavy (non-hydrogen) atoms. The summed E-state index contributed by atoms with van der Waals surface area (Å²) in [5.74, 6) is 0.748. The molecule has 7 heteroatoms. The summed E-state index contributed by atoms with van der Waals surface area (Å²) >= 11 is 4.79. The van der Waals surface area contributed by atoms with Crippen molar-refractivity contribution in [3.63, 3.8) is 0 Å². The third kappa shape index (κ3) is 4.49. The third-order valence-corrected chi connectivity index (χ3v) is 6.98. The number of thioether (sulfide) groups is 1. The van der Waals surface area contributed by atoms with Crippen LogP contribution in [0.3, 0.4) is 0 Å². The highest BCUT2D eigenvalue weighted by atomic mass is 32.2. The average Bonchev–Trinajstić information content (AvgIpc) is 3.38. The monoisotopic (exact) mass is 423 g/mol. The second-order valence-electron chi connectivity index (χ2n) is 6.07. The van der Waals surface area contributed by atoms with Crippen LogP contribution in [0, 0.1) is 6.92 Å². The van der Waals surface area contributed by atoms with Gasteiger partial charge >= 0.3 is 0 Å². The highest BCUT2D eigenvalue weighted by Crippen LogP contribution is 2.30. The van der Waals surface area contributed by atoms with Crippen LogP contribution in [0.2, 0.25) is 0 Å². The molecule has 0 fully saturated rings. The van der Waals surface area contributed by atoms with Crippen molar-refractivity contribution in [1.29, 1.82) is 0 Å². The number of aromatic nitrogens is 2. The highest BCUT2D eigenvalue weighted by Gasteiger charge is 2.16. The Morgan fingerprint density at radius 2 is 2.04 bits per heavy atom. The van der Waals surface area contributed by atoms with E-state index < -0.39 is 0 Å². The van der Waals surface area contributed by atoms with E-state index in [1.807, 2.05) is 60.3 Å². The molecule has 4 aromatic rings. The summed E-state index contributed by atoms with van der Waals surface area (Å²) in [5.41, 5.74) is 3.78. The van der Waals surface area contributed by atoms with E-state index >= 15 is 0 Å². The maximum absolute atomic E-state index is 12.7. The highest BCUT2D eigenvalue weighted by molar-refractivity contribution is 7.98. The van der Waals surface area contributed by atoms with E-state index in [0.29, 0.717) is 4.88 Å². The van der Waals surface area contributed by atoms with Gasteiger partial charge in [-0.3, -0.25) is 9.78 Å². The molecular formula is C21H17N3OS3. The summed E-state index contributed by atoms with van der Waals surface area (Å²) in [6.07, 6.45) is 3.66. The van der Waals surface area contributed by atoms with Gasteiger partial charge in [-0.15, -0.1) is 23.1 Å². The first kappa shape index (κ1) is 18.9. The molecule has 0 unspecified atom stereocenters. The van der Waals surface area contributed by atoms with E-state index in [1.54, 1.807) is 29.3 Å². The van der Waals surface area contributed by atoms with Crippen LogP contribution in [0.4, 0.5) is 5.69 Å². The summed E-state index contributed by atoms with van der Waals surface area (Å²) in [4.78, 5) is 23.1. The lowest BCUT2D eigenvalue weighted by atomic mass is 10.3. The summed E-state index contributed by atoms with van der Waals surface area (Å²) in [5, 5.41) is 7.91. The molecular weight excluding hydrogens is 406 g/mol. The molecule has 0 aliphatic rings. The first-order valence-electron chi connectivity index (χ1n) is 8.62. The van der Waals surface area contributed by atoms with Gasteiger partial charge < -0.3 is 5.32 Å². The van der Waals surface area contributed by atoms with Gasteiger partial charge in [0.1, 0.15) is 9.88 Å². The first-order chi connectivity index (χ1) is 13.7. The van der Waals surface area contributed by atoms with Gasteiger partial charge in [-0.1, -0.05) is 6.07 Å². The smallest absolute Gasteiger partial charge is 0.267 e. The number of benzene rings is 1. The maximum atomic E-state index is 12.7. The van der Waals surface area contributed by atoms with Crippen molar-refractivity contribution in [2.45, 2.75) is 17.6 Å². The van der Waals surface area contributed by atoms with Gasteiger partial charge in [-0.05, 0) is 54.3 Å². The number of pyridine rings is 1. The van der Waals surface area contributed by atoms with Crippen LogP contribution in [0.25, 0.3) is 10.6 Å². The van der Waals surface area contributed by atoms with Crippen LogP contribution in [0.5, 0.6) is 0 Å². The fourth-order valence-corrected chi connectivity index (χ4v) is 5.09. The van der Waals surface area contributed by atoms with Gasteiger partial charge in [0.2, 0.25) is 0 Å². The number of carbonyl (C=O) groups is 1. The lowest BCUT2D eigenvalue weighted by Gasteiger charge is -2.06. The first-order valence-corrected chi connectivity index (χ1v) is 11.4. The molecule has 0 saturated heterocycles. The maximum Gasteiger partial charge on any atom is 0.267 e. The Morgan fingerprint density at radius 3 is 2.75 bits per heavy atom. The normalized spacial score (nSPS) is 10.8. The topological polar surface area (TPSA) is 54.9 Å². The number of nitrogens with zero attached hydrogens (tertiary/aromatic N) is 2. The number of thiophene rings is 1. The Hall–Kier alpha value is -2.48. The molecule has 4 rings (SSSR count). The van der Waals surface area contributed by atoms with E-state index in [-0.39, 0.29) is 5.91 Å². The molecule has 4 nitrogen and oxygen atoms in total. The molecule has 3 aromatic heterocycles. The van der Waals surface area contributed by atoms with E-state index in [2.05, 4.69) is 21.4 Å². The molecule has 1 amide bonds. The van der Waals surface area contributed by atoms with Crippen LogP contribution < -0.4 is 5.32 Å². The van der Waals surface area contributed by atoms with Crippen LogP contribution >= 0.6 is 34.4 Å². The molecule has 0 atom stereocenters. The van der Waals surface area contributed by atoms with Crippen molar-refractivity contribution in [1.82, 2.24) is 9.97 Å². The molecule has 140 valence electrons. The number of aryl methyl sites for hydroxylation is 1. The molecule has 0 aliphatic heterocycles. The number of nitrogens with one attached hydrogen (secondary N) is 1. The predicted octanol–water partition coefficient (Wildman–Crippen LogP) is 6.12. The Morgan fingerprint density at radius 1 is 1.18 bits per heavy atom. The van der Waals surface area contributed by atoms with Crippen LogP contribution in [0.1, 0.15) is 20.9 Å². The number of amides is 1. The summed E-state index contributed by atoms with van der Waals surface area (Å²) in [6, 6.07) is 13.9. The number of hydrogen-bond acceptors (Lipinski definition) is 6. The molecule has 0 radical (unpaired) electrons. The largest absolute Gasteiger partial charge is 0.321 e. The van der Waals surface area contributed by atoms with Gasteiger partial charge in [0.25, 0.3) is 5.91 Å². The number of anilines is 1. The number of carbonyl (C=O) groups excluding carboxylic acids is 1. The van der Waals surface area contributed by atoms with Gasteiger partial charge in [0.15, 0.2) is 0 Å². The third-order valence-electron chi connectivity index (χ3n) is 4.01. The van der Waals surface area contributed by atoms with Crippen LogP contribution in [-0.4, -0.2) is 15.9 Å². The fourth-order valence-electron chi connectivity index (χ4n) is 2.59. The number of thiazole rings is 1. The van der Waals surface area contributed by atoms with Crippen LogP contribution in [0.15, 0.2) is 70.5 Å². The summed E-state index contributed by atoms with van der Waals surface area (Å²) < 4.78 is 0. The van der Waals surface area contributed by atoms with E-state index in [4.69, 9.17) is 0 Å². The molecule has 1 N–H and O–H groups in total. The molecule has 0 aliphatic carbocycles. The van der Waals surface area contributed by atoms with Gasteiger partial charge in [0, 0.05) is 39.7 Å². The van der Waals surface area contributed by atoms with Crippen molar-refractivity contribution >= 4 is 46.0 Å². The SMILES string of the molecule is Cc1nc(-c2ccsc2)sc1C(=O)Nc1ccc(SCc2cccnc2)cc1. The Bertz CT molecular complexity index is 1060. The Labute approximate surface area is 175 Å². The number of rotatable bonds is 6. The van der Waals surface area contributed by atoms with Gasteiger partial charge in [-0.2, -0.15) is 11.3 Å². The molecule has 3 heterocycles. The molecule has 0 spiro atoms. The van der Waals surface area contributed by atoms with Gasteiger partial charge in [0.05, 0.1) is 5.69 Å². The average molecular weight is 424 g/mol. The second-order valence-corrected chi connectivity index (χ2v) is 8.90. The molecule has 0 bridgehead atoms. The van der Waals surface area contributed by atoms with Crippen molar-refractivity contribution in [3.8, 4) is 10.6 Å². The predicted molar refractivity (Wildman–Crippen MR) is 118 cm³/mol. The lowest BCUT2D eigenvalue weighted by molar-refractivity contribution is 0.103. The van der Waals surface area contributed by atoms with Crippen LogP contribution in [-0.2, 0) is 5.75 Å². The number of hydrogen-bond donors (Lipinski definition) is 1. The van der Waals surface area contributed by atoms with E-state index in [0.717, 1.165) is 32.6 Å². The lowest BCUT2D eigenvalue weighted by Crippen LogP contribution is -2.11. The Balaban J connectivity index is 1.39. The zero-order valence-electron chi connectivity index (χ0n) is 15.1. The minimum atomic E-state index is -0.118. The van der Waals surface area contributed by atoms with Crippen molar-refractivity contribution < 1.29 is 4.79 Å². The standard InChI is InChI=1S/C21H17N3OS3/c1-14-19(28-21(23-14)16-8-10-26-13-16)20(25)24-17-4-6-18(7-5-17)27-12-15-3-2-9-22-11-15/h2-11,13H,12H2,1H3,(H,24,25). The van der Waals surface area contributed by atoms with E-state index in [1.165, 1.54) is 16.9 Å². The molecule has 0 saturated carbocycles. The van der Waals surface area contributed by atoms with Crippen molar-refractivity contribution in [2.24, 2.45) is 0 Å². The molecule has 1 aromatic carbocycles. The quantitative estimate of drug-likeness (QED) is 0.380.